The van der Waals surface area contributed by atoms with E-state index in [1.807, 2.05) is 6.26 Å². The third-order valence-electron chi connectivity index (χ3n) is 1.97. The van der Waals surface area contributed by atoms with Crippen LogP contribution < -0.4 is 5.48 Å². The third kappa shape index (κ3) is 6.52. The summed E-state index contributed by atoms with van der Waals surface area (Å²) in [4.78, 5) is 29.5. The fourth-order valence-electron chi connectivity index (χ4n) is 0.860. The number of nitrogens with zero attached hydrogens (tertiary/aromatic N) is 1. The van der Waals surface area contributed by atoms with E-state index in [4.69, 9.17) is 11.3 Å². The Morgan fingerprint density at radius 2 is 2.06 bits per heavy atom. The fourth-order valence-corrected chi connectivity index (χ4v) is 1.29. The summed E-state index contributed by atoms with van der Waals surface area (Å²) < 4.78 is 0. The van der Waals surface area contributed by atoms with E-state index in [9.17, 15) is 9.59 Å². The van der Waals surface area contributed by atoms with Gasteiger partial charge in [-0.05, 0) is 6.26 Å². The minimum Gasteiger partial charge on any atom is -0.305 e. The average molecular weight is 272 g/mol. The van der Waals surface area contributed by atoms with Gasteiger partial charge in [-0.15, -0.1) is 6.42 Å². The Balaban J connectivity index is 4.18. The van der Waals surface area contributed by atoms with E-state index < -0.39 is 5.41 Å². The molecule has 0 saturated heterocycles. The number of thioether (sulfide) groups is 1. The summed E-state index contributed by atoms with van der Waals surface area (Å²) in [7, 11) is 0. The molecule has 0 bridgehead atoms. The molecule has 1 N–H and O–H groups in total. The summed E-state index contributed by atoms with van der Waals surface area (Å²) >= 11 is 1.41. The van der Waals surface area contributed by atoms with Crippen molar-refractivity contribution in [3.63, 3.8) is 0 Å². The van der Waals surface area contributed by atoms with Crippen LogP contribution in [-0.4, -0.2) is 42.0 Å². The number of carbonyl (C=O) groups excluding carboxylic acids is 2. The molecule has 0 aliphatic carbocycles. The van der Waals surface area contributed by atoms with E-state index in [0.29, 0.717) is 5.75 Å². The molecule has 0 saturated carbocycles. The fraction of sp³-hybridized carbons (Fsp3) is 0.667. The molecule has 0 aliphatic heterocycles. The molecule has 0 aromatic carbocycles. The Bertz CT molecular complexity index is 331. The van der Waals surface area contributed by atoms with Crippen molar-refractivity contribution in [3.05, 3.63) is 0 Å². The Morgan fingerprint density at radius 1 is 1.44 bits per heavy atom. The van der Waals surface area contributed by atoms with Crippen molar-refractivity contribution in [2.75, 3.05) is 25.3 Å². The van der Waals surface area contributed by atoms with E-state index in [0.717, 1.165) is 0 Å². The summed E-state index contributed by atoms with van der Waals surface area (Å²) in [5.74, 6) is 2.34. The van der Waals surface area contributed by atoms with Gasteiger partial charge >= 0.3 is 0 Å². The second-order valence-corrected chi connectivity index (χ2v) is 5.55. The molecule has 18 heavy (non-hydrogen) atoms. The van der Waals surface area contributed by atoms with Crippen molar-refractivity contribution in [1.82, 2.24) is 10.4 Å². The van der Waals surface area contributed by atoms with Crippen LogP contribution in [0.4, 0.5) is 0 Å². The van der Waals surface area contributed by atoms with E-state index in [2.05, 4.69) is 11.4 Å². The van der Waals surface area contributed by atoms with Crippen LogP contribution in [0.25, 0.3) is 0 Å². The number of amides is 2. The predicted octanol–water partition coefficient (Wildman–Crippen LogP) is 0.863. The zero-order valence-corrected chi connectivity index (χ0v) is 12.1. The van der Waals surface area contributed by atoms with Gasteiger partial charge in [-0.2, -0.15) is 11.8 Å². The molecule has 2 amide bonds. The molecule has 5 nitrogen and oxygen atoms in total. The highest BCUT2D eigenvalue weighted by Crippen LogP contribution is 2.12. The van der Waals surface area contributed by atoms with Gasteiger partial charge in [0.1, 0.15) is 6.73 Å². The summed E-state index contributed by atoms with van der Waals surface area (Å²) in [5, 5.41) is 0. The number of nitrogens with one attached hydrogen (secondary N) is 1. The van der Waals surface area contributed by atoms with Crippen molar-refractivity contribution < 1.29 is 14.4 Å². The van der Waals surface area contributed by atoms with Gasteiger partial charge in [-0.3, -0.25) is 14.4 Å². The van der Waals surface area contributed by atoms with E-state index in [1.54, 1.807) is 20.8 Å². The van der Waals surface area contributed by atoms with Gasteiger partial charge in [0.25, 0.3) is 0 Å². The largest absolute Gasteiger partial charge is 0.305 e. The predicted molar refractivity (Wildman–Crippen MR) is 72.5 cm³/mol. The molecule has 0 atom stereocenters. The van der Waals surface area contributed by atoms with Gasteiger partial charge in [0, 0.05) is 5.41 Å². The standard InChI is InChI=1S/C12H20N2O3S/c1-6-7-14(10(15)8-18-5)9-17-13-11(16)12(2,3)4/h1H,7-9H2,2-5H3,(H,13,16). The zero-order valence-electron chi connectivity index (χ0n) is 11.3. The SMILES string of the molecule is C#CCN(CONC(=O)C(C)(C)C)C(=O)CSC. The van der Waals surface area contributed by atoms with Crippen molar-refractivity contribution in [1.29, 1.82) is 0 Å². The molecule has 102 valence electrons. The second-order valence-electron chi connectivity index (χ2n) is 4.68. The first-order valence-corrected chi connectivity index (χ1v) is 6.84. The van der Waals surface area contributed by atoms with E-state index in [-0.39, 0.29) is 25.1 Å². The molecule has 0 spiro atoms. The van der Waals surface area contributed by atoms with Crippen LogP contribution in [0.3, 0.4) is 0 Å². The van der Waals surface area contributed by atoms with Crippen LogP contribution in [0.1, 0.15) is 20.8 Å². The summed E-state index contributed by atoms with van der Waals surface area (Å²) in [6.07, 6.45) is 7.00. The molecular weight excluding hydrogens is 252 g/mol. The first-order valence-electron chi connectivity index (χ1n) is 5.45. The van der Waals surface area contributed by atoms with Crippen LogP contribution in [-0.2, 0) is 14.4 Å². The Labute approximate surface area is 113 Å². The van der Waals surface area contributed by atoms with Gasteiger partial charge in [0.2, 0.25) is 11.8 Å². The van der Waals surface area contributed by atoms with Crippen molar-refractivity contribution in [2.45, 2.75) is 20.8 Å². The molecule has 0 aromatic rings. The quantitative estimate of drug-likeness (QED) is 0.443. The maximum atomic E-state index is 11.6. The third-order valence-corrected chi connectivity index (χ3v) is 2.50. The first kappa shape index (κ1) is 16.8. The molecule has 0 heterocycles. The lowest BCUT2D eigenvalue weighted by Crippen LogP contribution is -2.41. The monoisotopic (exact) mass is 272 g/mol. The Hall–Kier alpha value is -1.19. The van der Waals surface area contributed by atoms with Crippen molar-refractivity contribution in [3.8, 4) is 12.3 Å². The lowest BCUT2D eigenvalue weighted by Gasteiger charge is -2.22. The molecule has 0 radical (unpaired) electrons. The van der Waals surface area contributed by atoms with Crippen LogP contribution >= 0.6 is 11.8 Å². The average Bonchev–Trinajstić information content (AvgIpc) is 2.26. The molecular formula is C12H20N2O3S. The zero-order chi connectivity index (χ0) is 14.2. The van der Waals surface area contributed by atoms with Gasteiger partial charge in [0.05, 0.1) is 12.3 Å². The number of rotatable bonds is 6. The number of hydroxylamine groups is 1. The van der Waals surface area contributed by atoms with E-state index in [1.165, 1.54) is 16.7 Å². The minimum atomic E-state index is -0.541. The lowest BCUT2D eigenvalue weighted by molar-refractivity contribution is -0.151. The molecule has 6 heteroatoms. The van der Waals surface area contributed by atoms with Crippen LogP contribution in [0.15, 0.2) is 0 Å². The number of terminal acetylenes is 1. The highest BCUT2D eigenvalue weighted by atomic mass is 32.2. The molecule has 0 rings (SSSR count). The minimum absolute atomic E-state index is 0.0502. The molecule has 0 fully saturated rings. The maximum Gasteiger partial charge on any atom is 0.248 e. The Morgan fingerprint density at radius 3 is 2.50 bits per heavy atom. The number of hydrogen-bond acceptors (Lipinski definition) is 4. The Kier molecular flexibility index (Phi) is 7.48. The van der Waals surface area contributed by atoms with E-state index >= 15 is 0 Å². The second kappa shape index (κ2) is 8.01. The van der Waals surface area contributed by atoms with Gasteiger partial charge in [-0.25, -0.2) is 5.48 Å². The van der Waals surface area contributed by atoms with Crippen molar-refractivity contribution in [2.24, 2.45) is 5.41 Å². The topological polar surface area (TPSA) is 58.6 Å². The highest BCUT2D eigenvalue weighted by Gasteiger charge is 2.21. The normalized spacial score (nSPS) is 10.6. The van der Waals surface area contributed by atoms with Crippen LogP contribution in [0.5, 0.6) is 0 Å². The highest BCUT2D eigenvalue weighted by molar-refractivity contribution is 7.99. The van der Waals surface area contributed by atoms with Gasteiger partial charge < -0.3 is 4.90 Å². The van der Waals surface area contributed by atoms with Crippen LogP contribution in [0, 0.1) is 17.8 Å². The summed E-state index contributed by atoms with van der Waals surface area (Å²) in [6, 6.07) is 0. The summed E-state index contributed by atoms with van der Waals surface area (Å²) in [6.45, 7) is 5.41. The number of carbonyl (C=O) groups is 2. The number of hydrogen-bond donors (Lipinski definition) is 1. The van der Waals surface area contributed by atoms with Crippen LogP contribution in [0.2, 0.25) is 0 Å². The first-order chi connectivity index (χ1) is 8.32. The van der Waals surface area contributed by atoms with Gasteiger partial charge in [-0.1, -0.05) is 26.7 Å². The molecule has 0 unspecified atom stereocenters. The van der Waals surface area contributed by atoms with Gasteiger partial charge in [0.15, 0.2) is 0 Å². The summed E-state index contributed by atoms with van der Waals surface area (Å²) in [5.41, 5.74) is 1.76. The molecule has 0 aromatic heterocycles. The van der Waals surface area contributed by atoms with Crippen molar-refractivity contribution >= 4 is 23.6 Å². The lowest BCUT2D eigenvalue weighted by atomic mass is 9.96. The molecule has 0 aliphatic rings. The maximum absolute atomic E-state index is 11.6. The smallest absolute Gasteiger partial charge is 0.248 e.